The third-order valence-electron chi connectivity index (χ3n) is 10.7. The first-order chi connectivity index (χ1) is 29.0. The Morgan fingerprint density at radius 2 is 1.45 bits per heavy atom. The Morgan fingerprint density at radius 3 is 2.19 bits per heavy atom. The minimum absolute atomic E-state index is 0. The van der Waals surface area contributed by atoms with Gasteiger partial charge in [-0.3, -0.25) is 4.98 Å². The van der Waals surface area contributed by atoms with E-state index >= 15 is 0 Å². The van der Waals surface area contributed by atoms with Gasteiger partial charge in [0.1, 0.15) is 0 Å². The molecule has 0 aliphatic rings. The summed E-state index contributed by atoms with van der Waals surface area (Å²) in [5.41, 5.74) is 12.2. The van der Waals surface area contributed by atoms with Gasteiger partial charge in [-0.2, -0.15) is 0 Å². The number of furan rings is 1. The molecule has 0 saturated carbocycles. The molecular weight excluding hydrogens is 907 g/mol. The van der Waals surface area contributed by atoms with Crippen molar-refractivity contribution in [1.82, 2.24) is 14.5 Å². The van der Waals surface area contributed by atoms with Crippen molar-refractivity contribution in [3.05, 3.63) is 180 Å². The average molecular weight is 953 g/mol. The number of pyridine rings is 1. The van der Waals surface area contributed by atoms with Gasteiger partial charge in [-0.1, -0.05) is 124 Å². The molecule has 6 aromatic carbocycles. The maximum absolute atomic E-state index is 7.23. The molecule has 0 saturated heterocycles. The second-order valence-electron chi connectivity index (χ2n) is 15.0. The summed E-state index contributed by atoms with van der Waals surface area (Å²) in [4.78, 5) is 9.32. The van der Waals surface area contributed by atoms with Gasteiger partial charge < -0.3 is 14.0 Å². The standard InChI is InChI=1S/C40H33N2OS.C12H10N.Ir/c1-24(2)28-11-9-12-29(25(3)4)33(28)22-42-36-14-7-6-13-35(36)41-40(42)34-23-43-37-18-16-26(20-31(34)37)27-17-19-39-32(21-27)30-10-5-8-15-38(30)44-39;1-10-7-8-12(13-9-10)11-5-3-2-4-6-11;/h5-21,24-25H,22H2,1-4H3;2-5,7-9H,1H3;/q2*-1;/i;1D3;. The van der Waals surface area contributed by atoms with Gasteiger partial charge in [0.25, 0.3) is 0 Å². The van der Waals surface area contributed by atoms with Gasteiger partial charge in [-0.05, 0) is 88.1 Å². The number of aryl methyl sites for hydroxylation is 1. The molecule has 0 unspecified atom stereocenters. The number of rotatable bonds is 7. The second-order valence-corrected chi connectivity index (χ2v) is 16.1. The molecule has 4 nitrogen and oxygen atoms in total. The number of imidazole rings is 1. The number of thiophene rings is 1. The molecule has 4 aromatic heterocycles. The first kappa shape index (κ1) is 35.5. The van der Waals surface area contributed by atoms with Crippen LogP contribution < -0.4 is 0 Å². The normalized spacial score (nSPS) is 12.4. The number of hydrogen-bond donors (Lipinski definition) is 0. The summed E-state index contributed by atoms with van der Waals surface area (Å²) < 4.78 is 32.7. The van der Waals surface area contributed by atoms with Gasteiger partial charge in [0.05, 0.1) is 16.9 Å². The molecule has 0 fully saturated rings. The van der Waals surface area contributed by atoms with E-state index in [0.29, 0.717) is 11.8 Å². The molecule has 0 aliphatic carbocycles. The Bertz CT molecular complexity index is 3100. The van der Waals surface area contributed by atoms with Gasteiger partial charge in [-0.15, -0.1) is 47.2 Å². The molecule has 0 aliphatic heterocycles. The molecule has 10 rings (SSSR count). The number of aromatic nitrogens is 3. The molecule has 1 radical (unpaired) electrons. The molecule has 0 amide bonds. The average Bonchev–Trinajstić information content (AvgIpc) is 3.96. The Labute approximate surface area is 361 Å². The summed E-state index contributed by atoms with van der Waals surface area (Å²) in [7, 11) is 0. The summed E-state index contributed by atoms with van der Waals surface area (Å²) >= 11 is 1.85. The number of nitrogens with zero attached hydrogens (tertiary/aromatic N) is 3. The fourth-order valence-corrected chi connectivity index (χ4v) is 8.89. The van der Waals surface area contributed by atoms with E-state index < -0.39 is 6.85 Å². The van der Waals surface area contributed by atoms with Gasteiger partial charge >= 0.3 is 0 Å². The fraction of sp³-hybridized carbons (Fsp3) is 0.154. The van der Waals surface area contributed by atoms with E-state index in [1.54, 1.807) is 18.2 Å². The molecule has 10 aromatic rings. The number of para-hydroxylation sites is 2. The zero-order chi connectivity index (χ0) is 41.5. The number of fused-ring (bicyclic) bond motifs is 5. The minimum Gasteiger partial charge on any atom is -0.557 e. The predicted octanol–water partition coefficient (Wildman–Crippen LogP) is 14.4. The van der Waals surface area contributed by atoms with Gasteiger partial charge in [-0.25, -0.2) is 0 Å². The Balaban J connectivity index is 0.000000255. The van der Waals surface area contributed by atoms with Crippen LogP contribution in [0.4, 0.5) is 0 Å². The monoisotopic (exact) mass is 953 g/mol. The zero-order valence-electron chi connectivity index (χ0n) is 35.7. The second kappa shape index (κ2) is 16.7. The van der Waals surface area contributed by atoms with E-state index in [4.69, 9.17) is 13.5 Å². The Morgan fingerprint density at radius 1 is 0.724 bits per heavy atom. The number of hydrogen-bond acceptors (Lipinski definition) is 4. The molecule has 0 spiro atoms. The van der Waals surface area contributed by atoms with Crippen molar-refractivity contribution in [2.75, 3.05) is 0 Å². The minimum atomic E-state index is -2.09. The molecule has 6 heteroatoms. The van der Waals surface area contributed by atoms with Crippen molar-refractivity contribution in [2.45, 2.75) is 52.9 Å². The van der Waals surface area contributed by atoms with Crippen LogP contribution in [0.25, 0.3) is 75.9 Å². The van der Waals surface area contributed by atoms with Crippen LogP contribution in [-0.2, 0) is 26.7 Å². The van der Waals surface area contributed by atoms with E-state index in [9.17, 15) is 0 Å². The van der Waals surface area contributed by atoms with Crippen molar-refractivity contribution in [3.63, 3.8) is 0 Å². The van der Waals surface area contributed by atoms with Gasteiger partial charge in [0.2, 0.25) is 0 Å². The summed E-state index contributed by atoms with van der Waals surface area (Å²) in [6.45, 7) is 7.78. The van der Waals surface area contributed by atoms with Crippen LogP contribution in [0.1, 0.15) is 65.9 Å². The maximum Gasteiger partial charge on any atom is 0.0770 e. The SMILES string of the molecule is CC(C)c1cccc(C(C)C)c1Cn1c(-c2[c-]oc3ccc(-c4ccc5sc6ccccc6c5c4)cc23)nc2ccccc21.[2H]C([2H])([2H])c1ccc(-c2[c-]cccc2)nc1.[Ir]. The first-order valence-electron chi connectivity index (χ1n) is 20.9. The number of benzene rings is 6. The summed E-state index contributed by atoms with van der Waals surface area (Å²) in [6, 6.07) is 50.9. The van der Waals surface area contributed by atoms with Crippen molar-refractivity contribution in [2.24, 2.45) is 0 Å². The topological polar surface area (TPSA) is 43.9 Å². The van der Waals surface area contributed by atoms with Crippen LogP contribution in [0, 0.1) is 19.2 Å². The molecule has 58 heavy (non-hydrogen) atoms. The smallest absolute Gasteiger partial charge is 0.0770 e. The van der Waals surface area contributed by atoms with Crippen LogP contribution in [0.2, 0.25) is 0 Å². The third kappa shape index (κ3) is 7.56. The fourth-order valence-electron chi connectivity index (χ4n) is 7.80. The van der Waals surface area contributed by atoms with E-state index in [0.717, 1.165) is 56.8 Å². The van der Waals surface area contributed by atoms with Crippen LogP contribution in [-0.4, -0.2) is 14.5 Å². The van der Waals surface area contributed by atoms with Crippen molar-refractivity contribution >= 4 is 53.5 Å². The Kier molecular flexibility index (Phi) is 10.2. The van der Waals surface area contributed by atoms with E-state index in [-0.39, 0.29) is 25.7 Å². The van der Waals surface area contributed by atoms with Gasteiger partial charge in [0, 0.05) is 69.0 Å². The third-order valence-corrected chi connectivity index (χ3v) is 11.8. The molecule has 289 valence electrons. The van der Waals surface area contributed by atoms with Crippen LogP contribution in [0.5, 0.6) is 0 Å². The van der Waals surface area contributed by atoms with E-state index in [1.165, 1.54) is 48.6 Å². The first-order valence-corrected chi connectivity index (χ1v) is 20.2. The van der Waals surface area contributed by atoms with Crippen molar-refractivity contribution in [1.29, 1.82) is 0 Å². The molecule has 0 bridgehead atoms. The van der Waals surface area contributed by atoms with Crippen molar-refractivity contribution in [3.8, 4) is 33.8 Å². The van der Waals surface area contributed by atoms with E-state index in [2.05, 4.69) is 153 Å². The van der Waals surface area contributed by atoms with Crippen LogP contribution >= 0.6 is 11.3 Å². The summed E-state index contributed by atoms with van der Waals surface area (Å²) in [5, 5.41) is 3.63. The Hall–Kier alpha value is -5.65. The van der Waals surface area contributed by atoms with Crippen LogP contribution in [0.15, 0.2) is 150 Å². The quantitative estimate of drug-likeness (QED) is 0.150. The summed E-state index contributed by atoms with van der Waals surface area (Å²) in [5.74, 6) is 1.72. The van der Waals surface area contributed by atoms with E-state index in [1.807, 2.05) is 29.5 Å². The molecule has 0 N–H and O–H groups in total. The molecule has 4 heterocycles. The summed E-state index contributed by atoms with van der Waals surface area (Å²) in [6.07, 6.45) is 4.66. The largest absolute Gasteiger partial charge is 0.557 e. The molecular formula is C52H43IrN3OS-2. The van der Waals surface area contributed by atoms with Crippen molar-refractivity contribution < 1.29 is 28.6 Å². The predicted molar refractivity (Wildman–Crippen MR) is 239 cm³/mol. The maximum atomic E-state index is 7.23. The molecule has 0 atom stereocenters. The van der Waals surface area contributed by atoms with Gasteiger partial charge in [0.15, 0.2) is 0 Å². The van der Waals surface area contributed by atoms with Crippen LogP contribution in [0.3, 0.4) is 0 Å². The zero-order valence-corrected chi connectivity index (χ0v) is 35.9.